The predicted octanol–water partition coefficient (Wildman–Crippen LogP) is 3.11. The third-order valence-electron chi connectivity index (χ3n) is 5.10. The highest BCUT2D eigenvalue weighted by molar-refractivity contribution is 5.81. The van der Waals surface area contributed by atoms with E-state index in [1.54, 1.807) is 0 Å². The largest absolute Gasteiger partial charge is 0.376 e. The molecule has 0 unspecified atom stereocenters. The molecule has 0 bridgehead atoms. The highest BCUT2D eigenvalue weighted by atomic mass is 19.1. The van der Waals surface area contributed by atoms with E-state index < -0.39 is 6.10 Å². The maximum absolute atomic E-state index is 13.1. The van der Waals surface area contributed by atoms with Crippen molar-refractivity contribution in [2.24, 2.45) is 0 Å². The van der Waals surface area contributed by atoms with Crippen molar-refractivity contribution in [1.29, 1.82) is 0 Å². The lowest BCUT2D eigenvalue weighted by Gasteiger charge is -2.25. The van der Waals surface area contributed by atoms with Gasteiger partial charge in [-0.2, -0.15) is 0 Å². The van der Waals surface area contributed by atoms with Crippen molar-refractivity contribution in [2.45, 2.75) is 57.3 Å². The lowest BCUT2D eigenvalue weighted by molar-refractivity contribution is -0.145. The normalized spacial score (nSPS) is 28.3. The Morgan fingerprint density at radius 2 is 2.17 bits per heavy atom. The van der Waals surface area contributed by atoms with Gasteiger partial charge in [0, 0.05) is 25.1 Å². The molecule has 4 nitrogen and oxygen atoms in total. The van der Waals surface area contributed by atoms with Crippen molar-refractivity contribution in [1.82, 2.24) is 4.90 Å². The van der Waals surface area contributed by atoms with Gasteiger partial charge in [-0.05, 0) is 50.8 Å². The molecular formula is C19H26FNO3. The number of benzene rings is 1. The van der Waals surface area contributed by atoms with Crippen LogP contribution in [-0.4, -0.2) is 48.8 Å². The Kier molecular flexibility index (Phi) is 5.51. The molecular weight excluding hydrogens is 309 g/mol. The lowest BCUT2D eigenvalue weighted by atomic mass is 9.97. The molecule has 0 spiro atoms. The first kappa shape index (κ1) is 17.4. The fourth-order valence-electron chi connectivity index (χ4n) is 3.65. The summed E-state index contributed by atoms with van der Waals surface area (Å²) in [6, 6.07) is 6.77. The molecule has 2 aliphatic rings. The summed E-state index contributed by atoms with van der Waals surface area (Å²) in [5.74, 6) is 0.0638. The van der Waals surface area contributed by atoms with E-state index in [4.69, 9.17) is 9.47 Å². The van der Waals surface area contributed by atoms with Gasteiger partial charge < -0.3 is 14.4 Å². The van der Waals surface area contributed by atoms with Crippen LogP contribution in [0.2, 0.25) is 0 Å². The predicted molar refractivity (Wildman–Crippen MR) is 89.3 cm³/mol. The molecule has 0 saturated carbocycles. The molecule has 2 aliphatic heterocycles. The zero-order valence-electron chi connectivity index (χ0n) is 14.4. The summed E-state index contributed by atoms with van der Waals surface area (Å²) in [5, 5.41) is 0. The van der Waals surface area contributed by atoms with Crippen molar-refractivity contribution in [3.05, 3.63) is 35.6 Å². The summed E-state index contributed by atoms with van der Waals surface area (Å²) in [6.45, 7) is 5.82. The molecule has 0 N–H and O–H groups in total. The van der Waals surface area contributed by atoms with E-state index >= 15 is 0 Å². The first-order valence-electron chi connectivity index (χ1n) is 8.83. The van der Waals surface area contributed by atoms with Gasteiger partial charge in [0.05, 0.1) is 12.7 Å². The highest BCUT2D eigenvalue weighted by Crippen LogP contribution is 2.32. The van der Waals surface area contributed by atoms with Crippen molar-refractivity contribution in [3.8, 4) is 0 Å². The fourth-order valence-corrected chi connectivity index (χ4v) is 3.65. The molecule has 0 aromatic heterocycles. The maximum Gasteiger partial charge on any atom is 0.251 e. The summed E-state index contributed by atoms with van der Waals surface area (Å²) in [4.78, 5) is 14.6. The van der Waals surface area contributed by atoms with E-state index in [1.807, 2.05) is 24.0 Å². The van der Waals surface area contributed by atoms with Crippen LogP contribution in [-0.2, 0) is 14.3 Å². The van der Waals surface area contributed by atoms with Crippen LogP contribution in [0.25, 0.3) is 0 Å². The summed E-state index contributed by atoms with van der Waals surface area (Å²) in [7, 11) is 0. The van der Waals surface area contributed by atoms with Gasteiger partial charge in [-0.1, -0.05) is 12.1 Å². The standard InChI is InChI=1S/C19H26FNO3/c1-13-10-16(15-5-7-17(20)8-6-15)11-21(13)19(22)14(2)24-12-18-4-3-9-23-18/h5-8,13-14,16,18H,3-4,9-12H2,1-2H3/t13-,14+,16-,18+/m1/s1. The van der Waals surface area contributed by atoms with Gasteiger partial charge in [-0.25, -0.2) is 4.39 Å². The van der Waals surface area contributed by atoms with Crippen molar-refractivity contribution < 1.29 is 18.7 Å². The van der Waals surface area contributed by atoms with Crippen molar-refractivity contribution in [2.75, 3.05) is 19.8 Å². The highest BCUT2D eigenvalue weighted by Gasteiger charge is 2.35. The molecule has 0 radical (unpaired) electrons. The van der Waals surface area contributed by atoms with Crippen molar-refractivity contribution in [3.63, 3.8) is 0 Å². The van der Waals surface area contributed by atoms with Gasteiger partial charge in [-0.15, -0.1) is 0 Å². The minimum absolute atomic E-state index is 0.0325. The topological polar surface area (TPSA) is 38.8 Å². The molecule has 0 aliphatic carbocycles. The average molecular weight is 335 g/mol. The van der Waals surface area contributed by atoms with E-state index in [-0.39, 0.29) is 29.8 Å². The first-order chi connectivity index (χ1) is 11.5. The number of hydrogen-bond acceptors (Lipinski definition) is 3. The summed E-state index contributed by atoms with van der Waals surface area (Å²) >= 11 is 0. The molecule has 2 saturated heterocycles. The molecule has 5 heteroatoms. The van der Waals surface area contributed by atoms with Crippen LogP contribution in [0.5, 0.6) is 0 Å². The fraction of sp³-hybridized carbons (Fsp3) is 0.632. The summed E-state index contributed by atoms with van der Waals surface area (Å²) in [6.07, 6.45) is 2.65. The van der Waals surface area contributed by atoms with Crippen LogP contribution in [0.15, 0.2) is 24.3 Å². The van der Waals surface area contributed by atoms with E-state index in [1.165, 1.54) is 12.1 Å². The second kappa shape index (κ2) is 7.62. The number of ether oxygens (including phenoxy) is 2. The minimum Gasteiger partial charge on any atom is -0.376 e. The second-order valence-electron chi connectivity index (χ2n) is 6.93. The Balaban J connectivity index is 1.55. The molecule has 4 atom stereocenters. The number of likely N-dealkylation sites (tertiary alicyclic amines) is 1. The van der Waals surface area contributed by atoms with Gasteiger partial charge in [0.25, 0.3) is 5.91 Å². The smallest absolute Gasteiger partial charge is 0.251 e. The first-order valence-corrected chi connectivity index (χ1v) is 8.83. The van der Waals surface area contributed by atoms with Gasteiger partial charge in [0.15, 0.2) is 0 Å². The zero-order chi connectivity index (χ0) is 17.1. The van der Waals surface area contributed by atoms with Crippen molar-refractivity contribution >= 4 is 5.91 Å². The molecule has 3 rings (SSSR count). The SMILES string of the molecule is C[C@H](OC[C@@H]1CCCO1)C(=O)N1C[C@H](c2ccc(F)cc2)C[C@H]1C. The molecule has 1 aromatic carbocycles. The molecule has 2 heterocycles. The van der Waals surface area contributed by atoms with Crippen LogP contribution < -0.4 is 0 Å². The maximum atomic E-state index is 13.1. The van der Waals surface area contributed by atoms with Gasteiger partial charge in [0.1, 0.15) is 11.9 Å². The molecule has 1 amide bonds. The monoisotopic (exact) mass is 335 g/mol. The van der Waals surface area contributed by atoms with Crippen LogP contribution in [0.3, 0.4) is 0 Å². The Morgan fingerprint density at radius 3 is 2.83 bits per heavy atom. The van der Waals surface area contributed by atoms with E-state index in [0.717, 1.165) is 31.4 Å². The van der Waals surface area contributed by atoms with E-state index in [0.29, 0.717) is 13.2 Å². The summed E-state index contributed by atoms with van der Waals surface area (Å²) in [5.41, 5.74) is 1.09. The molecule has 2 fully saturated rings. The summed E-state index contributed by atoms with van der Waals surface area (Å²) < 4.78 is 24.4. The van der Waals surface area contributed by atoms with Crippen LogP contribution in [0.4, 0.5) is 4.39 Å². The molecule has 1 aromatic rings. The molecule has 132 valence electrons. The number of amides is 1. The van der Waals surface area contributed by atoms with E-state index in [9.17, 15) is 9.18 Å². The minimum atomic E-state index is -0.455. The number of hydrogen-bond donors (Lipinski definition) is 0. The number of rotatable bonds is 5. The Bertz CT molecular complexity index is 556. The number of carbonyl (C=O) groups excluding carboxylic acids is 1. The Labute approximate surface area is 142 Å². The number of nitrogens with zero attached hydrogens (tertiary/aromatic N) is 1. The zero-order valence-corrected chi connectivity index (χ0v) is 14.4. The third kappa shape index (κ3) is 3.95. The van der Waals surface area contributed by atoms with Gasteiger partial charge in [-0.3, -0.25) is 4.79 Å². The molecule has 24 heavy (non-hydrogen) atoms. The van der Waals surface area contributed by atoms with Gasteiger partial charge >= 0.3 is 0 Å². The van der Waals surface area contributed by atoms with Crippen LogP contribution in [0, 0.1) is 5.82 Å². The van der Waals surface area contributed by atoms with Gasteiger partial charge in [0.2, 0.25) is 0 Å². The lowest BCUT2D eigenvalue weighted by Crippen LogP contribution is -2.41. The number of carbonyl (C=O) groups is 1. The van der Waals surface area contributed by atoms with Crippen LogP contribution >= 0.6 is 0 Å². The Hall–Kier alpha value is -1.46. The van der Waals surface area contributed by atoms with E-state index in [2.05, 4.69) is 6.92 Å². The quantitative estimate of drug-likeness (QED) is 0.830. The Morgan fingerprint density at radius 1 is 1.42 bits per heavy atom. The third-order valence-corrected chi connectivity index (χ3v) is 5.10. The second-order valence-corrected chi connectivity index (χ2v) is 6.93. The van der Waals surface area contributed by atoms with Crippen LogP contribution in [0.1, 0.15) is 44.6 Å². The number of halogens is 1. The average Bonchev–Trinajstić information content (AvgIpc) is 3.22.